The Bertz CT molecular complexity index is 742. The van der Waals surface area contributed by atoms with Crippen LogP contribution in [-0.2, 0) is 6.42 Å². The molecule has 1 N–H and O–H groups in total. The maximum atomic E-state index is 12.6. The maximum absolute atomic E-state index is 12.6. The van der Waals surface area contributed by atoms with Gasteiger partial charge in [0.1, 0.15) is 5.69 Å². The van der Waals surface area contributed by atoms with Gasteiger partial charge in [-0.05, 0) is 31.4 Å². The maximum Gasteiger partial charge on any atom is 0.354 e. The van der Waals surface area contributed by atoms with Gasteiger partial charge in [0.25, 0.3) is 5.91 Å². The lowest BCUT2D eigenvalue weighted by Crippen LogP contribution is -2.39. The van der Waals surface area contributed by atoms with Crippen molar-refractivity contribution in [1.82, 2.24) is 14.9 Å². The molecule has 1 aliphatic rings. The van der Waals surface area contributed by atoms with Crippen LogP contribution in [0.3, 0.4) is 0 Å². The van der Waals surface area contributed by atoms with Gasteiger partial charge in [0.2, 0.25) is 0 Å². The zero-order valence-corrected chi connectivity index (χ0v) is 14.3. The smallest absolute Gasteiger partial charge is 0.354 e. The molecule has 0 aromatic carbocycles. The monoisotopic (exact) mass is 345 g/mol. The van der Waals surface area contributed by atoms with E-state index in [1.165, 1.54) is 18.3 Å². The van der Waals surface area contributed by atoms with E-state index in [1.54, 1.807) is 11.3 Å². The predicted molar refractivity (Wildman–Crippen MR) is 90.6 cm³/mol. The van der Waals surface area contributed by atoms with Crippen LogP contribution in [0.5, 0.6) is 0 Å². The number of aryl methyl sites for hydroxylation is 1. The van der Waals surface area contributed by atoms with Gasteiger partial charge in [0.15, 0.2) is 0 Å². The van der Waals surface area contributed by atoms with Crippen LogP contribution in [0.1, 0.15) is 57.2 Å². The van der Waals surface area contributed by atoms with Crippen molar-refractivity contribution < 1.29 is 14.7 Å². The topological polar surface area (TPSA) is 83.4 Å². The Kier molecular flexibility index (Phi) is 4.89. The Morgan fingerprint density at radius 2 is 2.25 bits per heavy atom. The number of carbonyl (C=O) groups is 2. The van der Waals surface area contributed by atoms with E-state index in [1.807, 2.05) is 4.90 Å². The van der Waals surface area contributed by atoms with Gasteiger partial charge in [-0.1, -0.05) is 6.92 Å². The number of carbonyl (C=O) groups excluding carboxylic acids is 1. The molecule has 6 nitrogen and oxygen atoms in total. The quantitative estimate of drug-likeness (QED) is 0.921. The van der Waals surface area contributed by atoms with Crippen LogP contribution in [-0.4, -0.2) is 44.9 Å². The molecule has 1 amide bonds. The van der Waals surface area contributed by atoms with Crippen LogP contribution < -0.4 is 0 Å². The van der Waals surface area contributed by atoms with E-state index in [0.717, 1.165) is 30.0 Å². The van der Waals surface area contributed by atoms with Crippen LogP contribution in [0.15, 0.2) is 23.7 Å². The fourth-order valence-electron chi connectivity index (χ4n) is 2.87. The Labute approximate surface area is 144 Å². The van der Waals surface area contributed by atoms with Gasteiger partial charge in [0.05, 0.1) is 16.3 Å². The van der Waals surface area contributed by atoms with Crippen molar-refractivity contribution in [2.24, 2.45) is 0 Å². The molecule has 1 atom stereocenters. The number of pyridine rings is 1. The molecule has 2 aromatic rings. The summed E-state index contributed by atoms with van der Waals surface area (Å²) in [4.78, 5) is 33.8. The van der Waals surface area contributed by atoms with Crippen molar-refractivity contribution in [3.05, 3.63) is 45.7 Å². The van der Waals surface area contributed by atoms with Gasteiger partial charge in [-0.25, -0.2) is 14.8 Å². The van der Waals surface area contributed by atoms with Crippen molar-refractivity contribution >= 4 is 23.2 Å². The third-order valence-electron chi connectivity index (χ3n) is 4.22. The highest BCUT2D eigenvalue weighted by Crippen LogP contribution is 2.30. The molecule has 0 aliphatic carbocycles. The zero-order chi connectivity index (χ0) is 17.1. The van der Waals surface area contributed by atoms with E-state index >= 15 is 0 Å². The molecule has 7 heteroatoms. The Balaban J connectivity index is 1.71. The average Bonchev–Trinajstić information content (AvgIpc) is 3.10. The van der Waals surface area contributed by atoms with E-state index < -0.39 is 5.97 Å². The molecule has 1 aliphatic heterocycles. The fraction of sp³-hybridized carbons (Fsp3) is 0.412. The lowest BCUT2D eigenvalue weighted by molar-refractivity contribution is 0.0681. The number of piperidine rings is 1. The number of hydrogen-bond donors (Lipinski definition) is 1. The third-order valence-corrected chi connectivity index (χ3v) is 5.28. The van der Waals surface area contributed by atoms with Gasteiger partial charge in [0, 0.05) is 30.6 Å². The predicted octanol–water partition coefficient (Wildman–Crippen LogP) is 2.82. The van der Waals surface area contributed by atoms with Crippen LogP contribution in [0.2, 0.25) is 0 Å². The summed E-state index contributed by atoms with van der Waals surface area (Å²) in [6, 6.07) is 2.90. The summed E-state index contributed by atoms with van der Waals surface area (Å²) < 4.78 is 0. The van der Waals surface area contributed by atoms with Gasteiger partial charge in [-0.15, -0.1) is 11.3 Å². The summed E-state index contributed by atoms with van der Waals surface area (Å²) >= 11 is 1.67. The number of aromatic carboxylic acids is 1. The first-order chi connectivity index (χ1) is 11.6. The SMILES string of the molecule is CCc1csc(C2CCCN(C(=O)c3ccc(C(=O)O)nc3)C2)n1. The van der Waals surface area contributed by atoms with E-state index in [-0.39, 0.29) is 17.5 Å². The first-order valence-corrected chi connectivity index (χ1v) is 8.89. The van der Waals surface area contributed by atoms with Crippen molar-refractivity contribution in [2.75, 3.05) is 13.1 Å². The molecule has 0 saturated carbocycles. The minimum atomic E-state index is -1.09. The highest BCUT2D eigenvalue weighted by molar-refractivity contribution is 7.09. The van der Waals surface area contributed by atoms with Crippen LogP contribution in [0.25, 0.3) is 0 Å². The summed E-state index contributed by atoms with van der Waals surface area (Å²) in [5.41, 5.74) is 1.47. The molecule has 1 saturated heterocycles. The van der Waals surface area contributed by atoms with Crippen molar-refractivity contribution in [2.45, 2.75) is 32.1 Å². The number of nitrogens with zero attached hydrogens (tertiary/aromatic N) is 3. The molecular formula is C17H19N3O3S. The van der Waals surface area contributed by atoms with Crippen LogP contribution in [0.4, 0.5) is 0 Å². The molecule has 0 radical (unpaired) electrons. The molecule has 1 fully saturated rings. The van der Waals surface area contributed by atoms with Gasteiger partial charge >= 0.3 is 5.97 Å². The number of carboxylic acids is 1. The van der Waals surface area contributed by atoms with Crippen LogP contribution >= 0.6 is 11.3 Å². The zero-order valence-electron chi connectivity index (χ0n) is 13.4. The second-order valence-corrected chi connectivity index (χ2v) is 6.75. The first kappa shape index (κ1) is 16.6. The molecule has 1 unspecified atom stereocenters. The number of carboxylic acid groups (broad SMARTS) is 1. The lowest BCUT2D eigenvalue weighted by atomic mass is 9.98. The number of hydrogen-bond acceptors (Lipinski definition) is 5. The molecule has 0 bridgehead atoms. The van der Waals surface area contributed by atoms with E-state index in [4.69, 9.17) is 5.11 Å². The van der Waals surface area contributed by atoms with Crippen molar-refractivity contribution in [3.63, 3.8) is 0 Å². The van der Waals surface area contributed by atoms with Crippen molar-refractivity contribution in [3.8, 4) is 0 Å². The van der Waals surface area contributed by atoms with Gasteiger partial charge < -0.3 is 10.0 Å². The van der Waals surface area contributed by atoms with E-state index in [0.29, 0.717) is 18.7 Å². The summed E-state index contributed by atoms with van der Waals surface area (Å²) in [6.45, 7) is 3.45. The summed E-state index contributed by atoms with van der Waals surface area (Å²) in [5.74, 6) is -0.918. The minimum absolute atomic E-state index is 0.0575. The first-order valence-electron chi connectivity index (χ1n) is 8.01. The van der Waals surface area contributed by atoms with Gasteiger partial charge in [-0.3, -0.25) is 4.79 Å². The summed E-state index contributed by atoms with van der Waals surface area (Å²) in [7, 11) is 0. The second kappa shape index (κ2) is 7.09. The summed E-state index contributed by atoms with van der Waals surface area (Å²) in [6.07, 6.45) is 4.25. The average molecular weight is 345 g/mol. The second-order valence-electron chi connectivity index (χ2n) is 5.86. The standard InChI is InChI=1S/C17H19N3O3S/c1-2-13-10-24-15(19-13)12-4-3-7-20(9-12)16(21)11-5-6-14(17(22)23)18-8-11/h5-6,8,10,12H,2-4,7,9H2,1H3,(H,22,23). The Morgan fingerprint density at radius 3 is 2.88 bits per heavy atom. The lowest BCUT2D eigenvalue weighted by Gasteiger charge is -2.31. The number of rotatable bonds is 4. The number of thiazole rings is 1. The van der Waals surface area contributed by atoms with Crippen LogP contribution in [0, 0.1) is 0 Å². The number of aromatic nitrogens is 2. The van der Waals surface area contributed by atoms with E-state index in [9.17, 15) is 9.59 Å². The third kappa shape index (κ3) is 3.46. The van der Waals surface area contributed by atoms with Crippen molar-refractivity contribution in [1.29, 1.82) is 0 Å². The molecule has 3 heterocycles. The fourth-order valence-corrected chi connectivity index (χ4v) is 3.90. The Morgan fingerprint density at radius 1 is 1.42 bits per heavy atom. The largest absolute Gasteiger partial charge is 0.477 e. The normalized spacial score (nSPS) is 17.7. The highest BCUT2D eigenvalue weighted by Gasteiger charge is 2.27. The van der Waals surface area contributed by atoms with E-state index in [2.05, 4.69) is 22.3 Å². The number of likely N-dealkylation sites (tertiary alicyclic amines) is 1. The highest BCUT2D eigenvalue weighted by atomic mass is 32.1. The Hall–Kier alpha value is -2.28. The molecule has 0 spiro atoms. The molecule has 126 valence electrons. The molecule has 2 aromatic heterocycles. The molecule has 3 rings (SSSR count). The molecular weight excluding hydrogens is 326 g/mol. The minimum Gasteiger partial charge on any atom is -0.477 e. The number of amides is 1. The van der Waals surface area contributed by atoms with Gasteiger partial charge in [-0.2, -0.15) is 0 Å². The summed E-state index contributed by atoms with van der Waals surface area (Å²) in [5, 5.41) is 12.1. The molecule has 24 heavy (non-hydrogen) atoms.